The minimum atomic E-state index is -0.271. The number of carbonyl (C=O) groups is 2. The Hall–Kier alpha value is -2.55. The molecular formula is C20H27N3O5S. The van der Waals surface area contributed by atoms with Crippen molar-refractivity contribution >= 4 is 33.6 Å². The Bertz CT molecular complexity index is 874. The van der Waals surface area contributed by atoms with Gasteiger partial charge in [-0.3, -0.25) is 4.79 Å². The van der Waals surface area contributed by atoms with Crippen molar-refractivity contribution < 1.29 is 23.8 Å². The van der Waals surface area contributed by atoms with E-state index in [4.69, 9.17) is 14.2 Å². The fraction of sp³-hybridized carbons (Fsp3) is 0.550. The second-order valence-corrected chi connectivity index (χ2v) is 8.22. The fourth-order valence-electron chi connectivity index (χ4n) is 3.12. The molecule has 29 heavy (non-hydrogen) atoms. The number of rotatable bonds is 6. The Morgan fingerprint density at radius 3 is 2.69 bits per heavy atom. The summed E-state index contributed by atoms with van der Waals surface area (Å²) in [6.07, 6.45) is 1.03. The van der Waals surface area contributed by atoms with Gasteiger partial charge < -0.3 is 24.4 Å². The molecule has 0 saturated carbocycles. The lowest BCUT2D eigenvalue weighted by Crippen LogP contribution is -2.42. The first-order valence-corrected chi connectivity index (χ1v) is 10.6. The average molecular weight is 422 g/mol. The topological polar surface area (TPSA) is 90.0 Å². The zero-order valence-electron chi connectivity index (χ0n) is 17.2. The molecule has 0 aromatic carbocycles. The van der Waals surface area contributed by atoms with Crippen molar-refractivity contribution in [2.45, 2.75) is 32.8 Å². The highest BCUT2D eigenvalue weighted by Crippen LogP contribution is 2.36. The van der Waals surface area contributed by atoms with Crippen LogP contribution >= 0.6 is 11.3 Å². The maximum absolute atomic E-state index is 12.1. The molecule has 3 rings (SSSR count). The van der Waals surface area contributed by atoms with Crippen molar-refractivity contribution in [3.8, 4) is 11.6 Å². The van der Waals surface area contributed by atoms with Gasteiger partial charge in [0.05, 0.1) is 24.0 Å². The van der Waals surface area contributed by atoms with Gasteiger partial charge in [0.15, 0.2) is 0 Å². The Balaban J connectivity index is 1.68. The van der Waals surface area contributed by atoms with E-state index in [1.807, 2.05) is 13.8 Å². The third-order valence-electron chi connectivity index (χ3n) is 4.68. The molecule has 0 aliphatic carbocycles. The largest absolute Gasteiger partial charge is 0.495 e. The van der Waals surface area contributed by atoms with E-state index in [-0.39, 0.29) is 18.1 Å². The highest BCUT2D eigenvalue weighted by Gasteiger charge is 2.26. The number of methoxy groups -OCH3 is 1. The summed E-state index contributed by atoms with van der Waals surface area (Å²) in [6.45, 7) is 5.59. The van der Waals surface area contributed by atoms with Crippen molar-refractivity contribution in [3.05, 3.63) is 17.0 Å². The Morgan fingerprint density at radius 2 is 2.07 bits per heavy atom. The van der Waals surface area contributed by atoms with Crippen LogP contribution in [-0.2, 0) is 4.74 Å². The van der Waals surface area contributed by atoms with Crippen LogP contribution in [0, 0.1) is 5.92 Å². The van der Waals surface area contributed by atoms with Gasteiger partial charge in [0.2, 0.25) is 5.88 Å². The number of aromatic nitrogens is 1. The van der Waals surface area contributed by atoms with E-state index in [0.717, 1.165) is 4.70 Å². The molecule has 2 aromatic heterocycles. The zero-order valence-corrected chi connectivity index (χ0v) is 18.0. The second-order valence-electron chi connectivity index (χ2n) is 7.34. The molecule has 2 aromatic rings. The number of piperidine rings is 1. The molecule has 158 valence electrons. The summed E-state index contributed by atoms with van der Waals surface area (Å²) in [5.74, 6) is 1.15. The molecule has 0 atom stereocenters. The van der Waals surface area contributed by atoms with E-state index in [0.29, 0.717) is 61.2 Å². The van der Waals surface area contributed by atoms with E-state index in [2.05, 4.69) is 10.3 Å². The molecule has 1 aliphatic heterocycles. The molecule has 0 radical (unpaired) electrons. The second kappa shape index (κ2) is 9.30. The Morgan fingerprint density at radius 1 is 1.34 bits per heavy atom. The number of hydrogen-bond donors (Lipinski definition) is 1. The summed E-state index contributed by atoms with van der Waals surface area (Å²) in [5, 5.41) is 4.40. The minimum Gasteiger partial charge on any atom is -0.495 e. The van der Waals surface area contributed by atoms with E-state index in [1.54, 1.807) is 30.5 Å². The quantitative estimate of drug-likeness (QED) is 0.770. The molecule has 0 spiro atoms. The predicted molar refractivity (Wildman–Crippen MR) is 111 cm³/mol. The van der Waals surface area contributed by atoms with Gasteiger partial charge in [-0.25, -0.2) is 9.78 Å². The third kappa shape index (κ3) is 4.90. The number of fused-ring (bicyclic) bond motifs is 1. The number of hydrogen-bond acceptors (Lipinski definition) is 7. The monoisotopic (exact) mass is 421 g/mol. The molecule has 1 fully saturated rings. The van der Waals surface area contributed by atoms with Gasteiger partial charge in [-0.2, -0.15) is 0 Å². The molecular weight excluding hydrogens is 394 g/mol. The summed E-state index contributed by atoms with van der Waals surface area (Å²) in [6, 6.07) is 1.75. The Labute approximate surface area is 174 Å². The molecule has 0 bridgehead atoms. The van der Waals surface area contributed by atoms with Gasteiger partial charge in [-0.1, -0.05) is 13.8 Å². The number of nitrogens with one attached hydrogen (secondary N) is 1. The minimum absolute atomic E-state index is 0.0686. The lowest BCUT2D eigenvalue weighted by molar-refractivity contribution is 0.0607. The normalized spacial score (nSPS) is 14.9. The summed E-state index contributed by atoms with van der Waals surface area (Å²) < 4.78 is 17.6. The van der Waals surface area contributed by atoms with E-state index in [9.17, 15) is 9.59 Å². The van der Waals surface area contributed by atoms with Crippen LogP contribution in [0.15, 0.2) is 11.4 Å². The van der Waals surface area contributed by atoms with Gasteiger partial charge in [0.25, 0.3) is 5.91 Å². The molecule has 2 amide bonds. The number of pyridine rings is 1. The molecule has 1 aliphatic rings. The van der Waals surface area contributed by atoms with Crippen molar-refractivity contribution in [2.24, 2.45) is 5.92 Å². The van der Waals surface area contributed by atoms with Crippen molar-refractivity contribution in [3.63, 3.8) is 0 Å². The maximum atomic E-state index is 12.1. The SMILES string of the molecule is CNC(=O)c1csc2c(OC)cc(OC3CCN(C(=O)OCC(C)C)CC3)nc12. The first-order chi connectivity index (χ1) is 13.9. The van der Waals surface area contributed by atoms with Crippen LogP contribution in [-0.4, -0.2) is 61.8 Å². The van der Waals surface area contributed by atoms with Crippen LogP contribution in [0.3, 0.4) is 0 Å². The standard InChI is InChI=1S/C20H27N3O5S/c1-12(2)10-27-20(25)23-7-5-13(6-8-23)28-16-9-15(26-4)18-17(22-16)14(11-29-18)19(24)21-3/h9,11-13H,5-8,10H2,1-4H3,(H,21,24). The van der Waals surface area contributed by atoms with Gasteiger partial charge in [0, 0.05) is 44.4 Å². The zero-order chi connectivity index (χ0) is 21.0. The maximum Gasteiger partial charge on any atom is 0.409 e. The number of ether oxygens (including phenoxy) is 3. The molecule has 3 heterocycles. The fourth-order valence-corrected chi connectivity index (χ4v) is 4.10. The van der Waals surface area contributed by atoms with Crippen LogP contribution in [0.25, 0.3) is 10.2 Å². The number of carbonyl (C=O) groups excluding carboxylic acids is 2. The smallest absolute Gasteiger partial charge is 0.409 e. The third-order valence-corrected chi connectivity index (χ3v) is 5.67. The molecule has 1 saturated heterocycles. The first kappa shape index (κ1) is 21.2. The molecule has 8 nitrogen and oxygen atoms in total. The highest BCUT2D eigenvalue weighted by atomic mass is 32.1. The number of likely N-dealkylation sites (tertiary alicyclic amines) is 1. The molecule has 1 N–H and O–H groups in total. The lowest BCUT2D eigenvalue weighted by Gasteiger charge is -2.31. The summed E-state index contributed by atoms with van der Waals surface area (Å²) >= 11 is 1.41. The number of amides is 2. The van der Waals surface area contributed by atoms with Crippen LogP contribution in [0.4, 0.5) is 4.79 Å². The van der Waals surface area contributed by atoms with Gasteiger partial charge in [-0.05, 0) is 5.92 Å². The van der Waals surface area contributed by atoms with Crippen LogP contribution in [0.2, 0.25) is 0 Å². The van der Waals surface area contributed by atoms with Crippen LogP contribution in [0.5, 0.6) is 11.6 Å². The van der Waals surface area contributed by atoms with Crippen LogP contribution < -0.4 is 14.8 Å². The van der Waals surface area contributed by atoms with Gasteiger partial charge in [0.1, 0.15) is 17.4 Å². The lowest BCUT2D eigenvalue weighted by atomic mass is 10.1. The molecule has 0 unspecified atom stereocenters. The summed E-state index contributed by atoms with van der Waals surface area (Å²) in [7, 11) is 3.17. The number of thiophene rings is 1. The van der Waals surface area contributed by atoms with Gasteiger partial charge in [-0.15, -0.1) is 11.3 Å². The van der Waals surface area contributed by atoms with Crippen molar-refractivity contribution in [1.82, 2.24) is 15.2 Å². The first-order valence-electron chi connectivity index (χ1n) is 9.69. The highest BCUT2D eigenvalue weighted by molar-refractivity contribution is 7.18. The number of nitrogens with zero attached hydrogens (tertiary/aromatic N) is 2. The summed E-state index contributed by atoms with van der Waals surface area (Å²) in [5.41, 5.74) is 1.07. The summed E-state index contributed by atoms with van der Waals surface area (Å²) in [4.78, 5) is 30.5. The predicted octanol–water partition coefficient (Wildman–Crippen LogP) is 3.30. The molecule has 9 heteroatoms. The van der Waals surface area contributed by atoms with E-state index < -0.39 is 0 Å². The van der Waals surface area contributed by atoms with Crippen molar-refractivity contribution in [1.29, 1.82) is 0 Å². The van der Waals surface area contributed by atoms with Gasteiger partial charge >= 0.3 is 6.09 Å². The van der Waals surface area contributed by atoms with Crippen LogP contribution in [0.1, 0.15) is 37.0 Å². The van der Waals surface area contributed by atoms with E-state index >= 15 is 0 Å². The Kier molecular flexibility index (Phi) is 6.79. The van der Waals surface area contributed by atoms with E-state index in [1.165, 1.54) is 11.3 Å². The van der Waals surface area contributed by atoms with Crippen molar-refractivity contribution in [2.75, 3.05) is 33.9 Å². The average Bonchev–Trinajstić information content (AvgIpc) is 3.15.